The molecule has 1 amide bonds. The Balaban J connectivity index is 1.63. The van der Waals surface area contributed by atoms with Crippen LogP contribution in [-0.4, -0.2) is 49.7 Å². The molecule has 4 aromatic rings. The summed E-state index contributed by atoms with van der Waals surface area (Å²) in [7, 11) is 0.836. The molecule has 33 heavy (non-hydrogen) atoms. The lowest BCUT2D eigenvalue weighted by atomic mass is 10.1. The summed E-state index contributed by atoms with van der Waals surface area (Å²) in [6.45, 7) is 0.672. The van der Waals surface area contributed by atoms with Crippen LogP contribution in [-0.2, 0) is 23.1 Å². The van der Waals surface area contributed by atoms with E-state index in [2.05, 4.69) is 10.3 Å². The fraction of sp³-hybridized carbons (Fsp3) is 0.217. The van der Waals surface area contributed by atoms with Crippen molar-refractivity contribution in [3.63, 3.8) is 0 Å². The van der Waals surface area contributed by atoms with E-state index in [0.29, 0.717) is 24.5 Å². The maximum absolute atomic E-state index is 13.1. The lowest BCUT2D eigenvalue weighted by Gasteiger charge is -2.18. The lowest BCUT2D eigenvalue weighted by Crippen LogP contribution is -2.27. The van der Waals surface area contributed by atoms with E-state index in [-0.39, 0.29) is 16.4 Å². The van der Waals surface area contributed by atoms with E-state index in [1.807, 2.05) is 35.7 Å². The second-order valence-corrected chi connectivity index (χ2v) is 10.9. The molecule has 172 valence electrons. The second-order valence-electron chi connectivity index (χ2n) is 7.72. The number of carbonyl (C=O) groups excluding carboxylic acids is 1. The van der Waals surface area contributed by atoms with Crippen molar-refractivity contribution in [2.45, 2.75) is 18.0 Å². The molecule has 2 heterocycles. The van der Waals surface area contributed by atoms with Crippen molar-refractivity contribution in [2.24, 2.45) is 0 Å². The maximum Gasteiger partial charge on any atom is 0.254 e. The van der Waals surface area contributed by atoms with Gasteiger partial charge in [0.2, 0.25) is 10.0 Å². The first-order valence-corrected chi connectivity index (χ1v) is 12.5. The number of sulfonamides is 1. The number of hydrogen-bond donors (Lipinski definition) is 1. The van der Waals surface area contributed by atoms with Crippen molar-refractivity contribution in [3.05, 3.63) is 76.4 Å². The van der Waals surface area contributed by atoms with Crippen LogP contribution in [0.5, 0.6) is 0 Å². The minimum atomic E-state index is -3.75. The van der Waals surface area contributed by atoms with Crippen LogP contribution in [0, 0.1) is 0 Å². The molecule has 0 aliphatic heterocycles. The summed E-state index contributed by atoms with van der Waals surface area (Å²) in [5.41, 5.74) is 1.55. The molecule has 1 N–H and O–H groups in total. The van der Waals surface area contributed by atoms with Crippen molar-refractivity contribution in [1.29, 1.82) is 0 Å². The molecule has 0 saturated carbocycles. The zero-order valence-electron chi connectivity index (χ0n) is 18.5. The van der Waals surface area contributed by atoms with Gasteiger partial charge in [0.05, 0.1) is 18.0 Å². The molecule has 2 aromatic carbocycles. The fourth-order valence-electron chi connectivity index (χ4n) is 3.32. The van der Waals surface area contributed by atoms with Gasteiger partial charge in [0.1, 0.15) is 16.4 Å². The normalized spacial score (nSPS) is 11.8. The van der Waals surface area contributed by atoms with Gasteiger partial charge in [-0.1, -0.05) is 18.2 Å². The molecule has 0 radical (unpaired) electrons. The van der Waals surface area contributed by atoms with Gasteiger partial charge in [-0.15, -0.1) is 11.3 Å². The van der Waals surface area contributed by atoms with Gasteiger partial charge < -0.3 is 14.6 Å². The van der Waals surface area contributed by atoms with E-state index in [0.717, 1.165) is 20.3 Å². The first-order valence-electron chi connectivity index (χ1n) is 10.2. The van der Waals surface area contributed by atoms with E-state index in [4.69, 9.17) is 4.42 Å². The van der Waals surface area contributed by atoms with Crippen molar-refractivity contribution in [3.8, 4) is 0 Å². The standard InChI is InChI=1S/C23H24N4O4S2/c1-26(2)33(29,30)20-12-17(23(28)27(3)15-22-24-8-9-32-22)10-18(13-20)25-14-19-11-16-6-4-5-7-21(16)31-19/h4-13,25H,14-15H2,1-3H3. The van der Waals surface area contributed by atoms with Gasteiger partial charge in [0.15, 0.2) is 0 Å². The van der Waals surface area contributed by atoms with Crippen LogP contribution in [0.3, 0.4) is 0 Å². The van der Waals surface area contributed by atoms with E-state index in [1.54, 1.807) is 19.3 Å². The maximum atomic E-state index is 13.1. The number of fused-ring (bicyclic) bond motifs is 1. The number of para-hydroxylation sites is 1. The number of nitrogens with one attached hydrogen (secondary N) is 1. The van der Waals surface area contributed by atoms with Gasteiger partial charge >= 0.3 is 0 Å². The molecule has 0 atom stereocenters. The molecule has 0 aliphatic rings. The molecule has 0 fully saturated rings. The number of carbonyl (C=O) groups is 1. The fourth-order valence-corrected chi connectivity index (χ4v) is 4.97. The first kappa shape index (κ1) is 23.0. The van der Waals surface area contributed by atoms with Gasteiger partial charge in [-0.3, -0.25) is 4.79 Å². The Morgan fingerprint density at radius 1 is 1.12 bits per heavy atom. The van der Waals surface area contributed by atoms with Crippen molar-refractivity contribution >= 4 is 43.9 Å². The number of rotatable bonds is 8. The highest BCUT2D eigenvalue weighted by Crippen LogP contribution is 2.24. The van der Waals surface area contributed by atoms with Crippen LogP contribution < -0.4 is 5.32 Å². The Hall–Kier alpha value is -3.21. The number of aromatic nitrogens is 1. The third-order valence-corrected chi connectivity index (χ3v) is 7.64. The van der Waals surface area contributed by atoms with Crippen LogP contribution in [0.1, 0.15) is 21.1 Å². The minimum absolute atomic E-state index is 0.0353. The van der Waals surface area contributed by atoms with Gasteiger partial charge in [0, 0.05) is 49.4 Å². The molecule has 0 aliphatic carbocycles. The van der Waals surface area contributed by atoms with Crippen molar-refractivity contribution in [1.82, 2.24) is 14.2 Å². The molecular formula is C23H24N4O4S2. The molecule has 0 saturated heterocycles. The SMILES string of the molecule is CN(Cc1nccs1)C(=O)c1cc(NCc2cc3ccccc3o2)cc(S(=O)(=O)N(C)C)c1. The number of nitrogens with zero attached hydrogens (tertiary/aromatic N) is 3. The number of thiazole rings is 1. The summed E-state index contributed by atoms with van der Waals surface area (Å²) in [5, 5.41) is 6.82. The Morgan fingerprint density at radius 2 is 1.91 bits per heavy atom. The van der Waals surface area contributed by atoms with Crippen LogP contribution in [0.25, 0.3) is 11.0 Å². The summed E-state index contributed by atoms with van der Waals surface area (Å²) < 4.78 is 32.6. The highest BCUT2D eigenvalue weighted by atomic mass is 32.2. The summed E-state index contributed by atoms with van der Waals surface area (Å²) in [4.78, 5) is 18.9. The second kappa shape index (κ2) is 9.34. The molecular weight excluding hydrogens is 460 g/mol. The Labute approximate surface area is 196 Å². The zero-order chi connectivity index (χ0) is 23.6. The largest absolute Gasteiger partial charge is 0.459 e. The smallest absolute Gasteiger partial charge is 0.254 e. The molecule has 0 unspecified atom stereocenters. The number of benzene rings is 2. The number of anilines is 1. The Bertz CT molecular complexity index is 1350. The third-order valence-electron chi connectivity index (χ3n) is 5.08. The third kappa shape index (κ3) is 5.08. The highest BCUT2D eigenvalue weighted by Gasteiger charge is 2.22. The van der Waals surface area contributed by atoms with Crippen LogP contribution in [0.2, 0.25) is 0 Å². The zero-order valence-corrected chi connectivity index (χ0v) is 20.1. The highest BCUT2D eigenvalue weighted by molar-refractivity contribution is 7.89. The molecule has 2 aromatic heterocycles. The monoisotopic (exact) mass is 484 g/mol. The average molecular weight is 485 g/mol. The van der Waals surface area contributed by atoms with Gasteiger partial charge in [-0.2, -0.15) is 0 Å². The van der Waals surface area contributed by atoms with Crippen molar-refractivity contribution < 1.29 is 17.6 Å². The quantitative estimate of drug-likeness (QED) is 0.406. The molecule has 8 nitrogen and oxygen atoms in total. The topological polar surface area (TPSA) is 95.7 Å². The first-order chi connectivity index (χ1) is 15.7. The summed E-state index contributed by atoms with van der Waals surface area (Å²) in [6, 6.07) is 14.2. The van der Waals surface area contributed by atoms with Crippen molar-refractivity contribution in [2.75, 3.05) is 26.5 Å². The minimum Gasteiger partial charge on any atom is -0.459 e. The average Bonchev–Trinajstić information content (AvgIpc) is 3.46. The van der Waals surface area contributed by atoms with E-state index >= 15 is 0 Å². The summed E-state index contributed by atoms with van der Waals surface area (Å²) in [5.74, 6) is 0.402. The van der Waals surface area contributed by atoms with Crippen LogP contribution >= 0.6 is 11.3 Å². The number of furan rings is 1. The predicted octanol–water partition coefficient (Wildman–Crippen LogP) is 4.02. The molecule has 10 heteroatoms. The number of hydrogen-bond acceptors (Lipinski definition) is 7. The van der Waals surface area contributed by atoms with Crippen LogP contribution in [0.15, 0.2) is 69.4 Å². The summed E-state index contributed by atoms with van der Waals surface area (Å²) >= 11 is 1.46. The molecule has 0 bridgehead atoms. The predicted molar refractivity (Wildman–Crippen MR) is 129 cm³/mol. The lowest BCUT2D eigenvalue weighted by molar-refractivity contribution is 0.0785. The van der Waals surface area contributed by atoms with Gasteiger partial charge in [0.25, 0.3) is 5.91 Å². The van der Waals surface area contributed by atoms with E-state index in [9.17, 15) is 13.2 Å². The summed E-state index contributed by atoms with van der Waals surface area (Å²) in [6.07, 6.45) is 1.68. The van der Waals surface area contributed by atoms with E-state index < -0.39 is 10.0 Å². The van der Waals surface area contributed by atoms with Gasteiger partial charge in [-0.05, 0) is 30.3 Å². The van der Waals surface area contributed by atoms with Gasteiger partial charge in [-0.25, -0.2) is 17.7 Å². The number of amides is 1. The Kier molecular flexibility index (Phi) is 6.50. The van der Waals surface area contributed by atoms with Crippen LogP contribution in [0.4, 0.5) is 5.69 Å². The van der Waals surface area contributed by atoms with E-state index in [1.165, 1.54) is 42.5 Å². The molecule has 4 rings (SSSR count). The Morgan fingerprint density at radius 3 is 2.61 bits per heavy atom. The molecule has 0 spiro atoms.